The van der Waals surface area contributed by atoms with E-state index < -0.39 is 0 Å². The van der Waals surface area contributed by atoms with Crippen LogP contribution >= 0.6 is 0 Å². The lowest BCUT2D eigenvalue weighted by Gasteiger charge is -2.28. The summed E-state index contributed by atoms with van der Waals surface area (Å²) in [6, 6.07) is 2.06. The third kappa shape index (κ3) is 1.58. The normalized spacial score (nSPS) is 20.8. The second-order valence-corrected chi connectivity index (χ2v) is 4.08. The molecule has 1 aliphatic rings. The van der Waals surface area contributed by atoms with Gasteiger partial charge in [-0.05, 0) is 32.4 Å². The van der Waals surface area contributed by atoms with Gasteiger partial charge in [-0.25, -0.2) is 0 Å². The molecule has 2 rings (SSSR count). The Balaban J connectivity index is 2.38. The Morgan fingerprint density at radius 2 is 2.07 bits per heavy atom. The van der Waals surface area contributed by atoms with Crippen molar-refractivity contribution in [2.75, 3.05) is 11.9 Å². The highest BCUT2D eigenvalue weighted by Crippen LogP contribution is 2.28. The highest BCUT2D eigenvalue weighted by molar-refractivity contribution is 5.56. The molecule has 0 bridgehead atoms. The molecule has 0 aromatic carbocycles. The van der Waals surface area contributed by atoms with Crippen molar-refractivity contribution in [2.24, 2.45) is 0 Å². The smallest absolute Gasteiger partial charge is 0.102 e. The van der Waals surface area contributed by atoms with E-state index in [0.717, 1.165) is 0 Å². The average Bonchev–Trinajstić information content (AvgIpc) is 2.47. The first-order chi connectivity index (χ1) is 7.11. The standard InChI is InChI=1S/C12H17N3/c1-9-7-13-6-5-12(9)15-8-10(2)14(4)11(15)3/h5-8,11H,1-4H3. The summed E-state index contributed by atoms with van der Waals surface area (Å²) >= 11 is 0. The lowest BCUT2D eigenvalue weighted by molar-refractivity contribution is 0.357. The van der Waals surface area contributed by atoms with E-state index in [1.807, 2.05) is 12.4 Å². The summed E-state index contributed by atoms with van der Waals surface area (Å²) in [5, 5.41) is 0. The maximum atomic E-state index is 4.12. The van der Waals surface area contributed by atoms with E-state index in [4.69, 9.17) is 0 Å². The molecule has 80 valence electrons. The molecule has 0 radical (unpaired) electrons. The van der Waals surface area contributed by atoms with Gasteiger partial charge in [-0.3, -0.25) is 4.98 Å². The van der Waals surface area contributed by atoms with E-state index in [9.17, 15) is 0 Å². The molecule has 2 heterocycles. The molecule has 1 aromatic heterocycles. The summed E-state index contributed by atoms with van der Waals surface area (Å²) in [6.07, 6.45) is 6.32. The number of hydrogen-bond donors (Lipinski definition) is 0. The average molecular weight is 203 g/mol. The molecule has 3 nitrogen and oxygen atoms in total. The highest BCUT2D eigenvalue weighted by Gasteiger charge is 2.24. The van der Waals surface area contributed by atoms with Gasteiger partial charge in [-0.15, -0.1) is 0 Å². The Bertz CT molecular complexity index is 398. The summed E-state index contributed by atoms with van der Waals surface area (Å²) in [6.45, 7) is 6.43. The van der Waals surface area contributed by atoms with Gasteiger partial charge in [0.1, 0.15) is 6.17 Å². The van der Waals surface area contributed by atoms with Gasteiger partial charge in [0, 0.05) is 37.0 Å². The van der Waals surface area contributed by atoms with Crippen LogP contribution in [-0.2, 0) is 0 Å². The molecule has 1 unspecified atom stereocenters. The Morgan fingerprint density at radius 1 is 1.33 bits per heavy atom. The third-order valence-corrected chi connectivity index (χ3v) is 3.11. The molecule has 0 N–H and O–H groups in total. The van der Waals surface area contributed by atoms with Crippen LogP contribution < -0.4 is 4.90 Å². The molecule has 3 heteroatoms. The minimum atomic E-state index is 0.381. The summed E-state index contributed by atoms with van der Waals surface area (Å²) in [4.78, 5) is 8.67. The van der Waals surface area contributed by atoms with Crippen LogP contribution in [0.5, 0.6) is 0 Å². The molecule has 0 saturated heterocycles. The highest BCUT2D eigenvalue weighted by atomic mass is 15.4. The van der Waals surface area contributed by atoms with Gasteiger partial charge in [0.05, 0.1) is 0 Å². The van der Waals surface area contributed by atoms with E-state index in [1.54, 1.807) is 0 Å². The second kappa shape index (κ2) is 3.57. The monoisotopic (exact) mass is 203 g/mol. The Hall–Kier alpha value is -1.51. The minimum Gasteiger partial charge on any atom is -0.357 e. The predicted molar refractivity (Wildman–Crippen MR) is 62.4 cm³/mol. The van der Waals surface area contributed by atoms with Crippen LogP contribution in [0.25, 0.3) is 0 Å². The zero-order chi connectivity index (χ0) is 11.0. The van der Waals surface area contributed by atoms with Crippen molar-refractivity contribution < 1.29 is 0 Å². The quantitative estimate of drug-likeness (QED) is 0.698. The molecular formula is C12H17N3. The van der Waals surface area contributed by atoms with E-state index >= 15 is 0 Å². The molecular weight excluding hydrogens is 186 g/mol. The van der Waals surface area contributed by atoms with Crippen LogP contribution in [0.15, 0.2) is 30.4 Å². The Labute approximate surface area is 91.0 Å². The second-order valence-electron chi connectivity index (χ2n) is 4.08. The van der Waals surface area contributed by atoms with Gasteiger partial charge in [0.25, 0.3) is 0 Å². The molecule has 0 amide bonds. The van der Waals surface area contributed by atoms with Gasteiger partial charge in [-0.1, -0.05) is 0 Å². The van der Waals surface area contributed by atoms with Crippen LogP contribution in [0, 0.1) is 6.92 Å². The number of aryl methyl sites for hydroxylation is 1. The van der Waals surface area contributed by atoms with Gasteiger partial charge < -0.3 is 9.80 Å². The van der Waals surface area contributed by atoms with Gasteiger partial charge >= 0.3 is 0 Å². The molecule has 1 aliphatic heterocycles. The maximum Gasteiger partial charge on any atom is 0.102 e. The summed E-state index contributed by atoms with van der Waals surface area (Å²) in [5.41, 5.74) is 3.74. The number of rotatable bonds is 1. The molecule has 1 atom stereocenters. The van der Waals surface area contributed by atoms with Crippen molar-refractivity contribution in [3.63, 3.8) is 0 Å². The van der Waals surface area contributed by atoms with Gasteiger partial charge in [0.15, 0.2) is 0 Å². The van der Waals surface area contributed by atoms with E-state index in [-0.39, 0.29) is 0 Å². The van der Waals surface area contributed by atoms with Crippen molar-refractivity contribution in [3.05, 3.63) is 35.9 Å². The predicted octanol–water partition coefficient (Wildman–Crippen LogP) is 2.35. The largest absolute Gasteiger partial charge is 0.357 e. The topological polar surface area (TPSA) is 19.4 Å². The van der Waals surface area contributed by atoms with Crippen molar-refractivity contribution in [1.29, 1.82) is 0 Å². The zero-order valence-corrected chi connectivity index (χ0v) is 9.73. The number of pyridine rings is 1. The first-order valence-corrected chi connectivity index (χ1v) is 5.21. The molecule has 1 aromatic rings. The molecule has 0 fully saturated rings. The Kier molecular flexibility index (Phi) is 2.39. The van der Waals surface area contributed by atoms with Crippen molar-refractivity contribution in [1.82, 2.24) is 9.88 Å². The van der Waals surface area contributed by atoms with Crippen LogP contribution in [0.3, 0.4) is 0 Å². The lowest BCUT2D eigenvalue weighted by Crippen LogP contribution is -2.34. The fourth-order valence-electron chi connectivity index (χ4n) is 1.91. The van der Waals surface area contributed by atoms with Crippen LogP contribution in [0.1, 0.15) is 19.4 Å². The van der Waals surface area contributed by atoms with Crippen LogP contribution in [0.2, 0.25) is 0 Å². The molecule has 0 saturated carbocycles. The number of aromatic nitrogens is 1. The number of allylic oxidation sites excluding steroid dienone is 1. The first-order valence-electron chi connectivity index (χ1n) is 5.21. The first kappa shape index (κ1) is 10.0. The summed E-state index contributed by atoms with van der Waals surface area (Å²) in [5.74, 6) is 0. The lowest BCUT2D eigenvalue weighted by atomic mass is 10.2. The van der Waals surface area contributed by atoms with E-state index in [1.165, 1.54) is 16.9 Å². The van der Waals surface area contributed by atoms with Crippen molar-refractivity contribution in [2.45, 2.75) is 26.9 Å². The van der Waals surface area contributed by atoms with E-state index in [0.29, 0.717) is 6.17 Å². The van der Waals surface area contributed by atoms with Crippen molar-refractivity contribution >= 4 is 5.69 Å². The SMILES string of the molecule is CC1=CN(c2ccncc2C)C(C)N1C. The van der Waals surface area contributed by atoms with Gasteiger partial charge in [-0.2, -0.15) is 0 Å². The zero-order valence-electron chi connectivity index (χ0n) is 9.73. The number of nitrogens with zero attached hydrogens (tertiary/aromatic N) is 3. The maximum absolute atomic E-state index is 4.12. The minimum absolute atomic E-state index is 0.381. The fourth-order valence-corrected chi connectivity index (χ4v) is 1.91. The summed E-state index contributed by atoms with van der Waals surface area (Å²) in [7, 11) is 2.12. The number of anilines is 1. The fraction of sp³-hybridized carbons (Fsp3) is 0.417. The number of hydrogen-bond acceptors (Lipinski definition) is 3. The molecule has 0 aliphatic carbocycles. The third-order valence-electron chi connectivity index (χ3n) is 3.11. The summed E-state index contributed by atoms with van der Waals surface area (Å²) < 4.78 is 0. The van der Waals surface area contributed by atoms with Crippen LogP contribution in [0.4, 0.5) is 5.69 Å². The molecule has 0 spiro atoms. The molecule has 15 heavy (non-hydrogen) atoms. The van der Waals surface area contributed by atoms with E-state index in [2.05, 4.69) is 54.9 Å². The Morgan fingerprint density at radius 3 is 2.60 bits per heavy atom. The van der Waals surface area contributed by atoms with Crippen LogP contribution in [-0.4, -0.2) is 23.1 Å². The van der Waals surface area contributed by atoms with Gasteiger partial charge in [0.2, 0.25) is 0 Å². The van der Waals surface area contributed by atoms with Crippen molar-refractivity contribution in [3.8, 4) is 0 Å².